The average Bonchev–Trinajstić information content (AvgIpc) is 3.67. The molecule has 8 rings (SSSR count). The van der Waals surface area contributed by atoms with Gasteiger partial charge in [-0.05, 0) is 81.4 Å². The SMILES string of the molecule is C=CC1C=CC=CC1/C(=C/NC1=NC(C2=CCCc3c2oc2ccccc32)=NC(c2c(C)c(C)cc3c4c(oc23)C=CCC4)N1)C(C)=N. The van der Waals surface area contributed by atoms with Gasteiger partial charge in [0.05, 0.1) is 5.57 Å². The largest absolute Gasteiger partial charge is 0.456 e. The van der Waals surface area contributed by atoms with Gasteiger partial charge in [-0.25, -0.2) is 4.99 Å². The number of benzene rings is 2. The van der Waals surface area contributed by atoms with Crippen LogP contribution in [0, 0.1) is 31.1 Å². The number of allylic oxidation sites excluding steroid dienone is 8. The fourth-order valence-corrected chi connectivity index (χ4v) is 7.46. The number of fused-ring (bicyclic) bond motifs is 6. The first kappa shape index (κ1) is 29.9. The van der Waals surface area contributed by atoms with E-state index in [1.807, 2.05) is 43.5 Å². The van der Waals surface area contributed by atoms with Crippen LogP contribution in [0.5, 0.6) is 0 Å². The topological polar surface area (TPSA) is 98.9 Å². The van der Waals surface area contributed by atoms with Crippen molar-refractivity contribution in [2.24, 2.45) is 21.8 Å². The first-order valence-electron chi connectivity index (χ1n) is 16.8. The summed E-state index contributed by atoms with van der Waals surface area (Å²) in [7, 11) is 0. The van der Waals surface area contributed by atoms with E-state index < -0.39 is 6.17 Å². The molecule has 3 N–H and O–H groups in total. The van der Waals surface area contributed by atoms with Crippen LogP contribution in [0.3, 0.4) is 0 Å². The Labute approximate surface area is 280 Å². The second-order valence-electron chi connectivity index (χ2n) is 13.0. The third-order valence-electron chi connectivity index (χ3n) is 10.1. The van der Waals surface area contributed by atoms with Gasteiger partial charge in [0.1, 0.15) is 22.7 Å². The molecule has 0 saturated carbocycles. The van der Waals surface area contributed by atoms with Crippen LogP contribution in [0.4, 0.5) is 0 Å². The van der Waals surface area contributed by atoms with E-state index in [9.17, 15) is 0 Å². The Morgan fingerprint density at radius 2 is 1.90 bits per heavy atom. The lowest BCUT2D eigenvalue weighted by Gasteiger charge is -2.27. The monoisotopic (exact) mass is 633 g/mol. The van der Waals surface area contributed by atoms with Crippen molar-refractivity contribution in [3.05, 3.63) is 131 Å². The Morgan fingerprint density at radius 3 is 2.75 bits per heavy atom. The zero-order valence-corrected chi connectivity index (χ0v) is 27.6. The van der Waals surface area contributed by atoms with Crippen LogP contribution in [0.15, 0.2) is 110 Å². The third kappa shape index (κ3) is 5.01. The minimum absolute atomic E-state index is 0.00841. The van der Waals surface area contributed by atoms with Crippen molar-refractivity contribution in [2.75, 3.05) is 0 Å². The molecule has 7 nitrogen and oxygen atoms in total. The van der Waals surface area contributed by atoms with Crippen LogP contribution in [0.1, 0.15) is 65.3 Å². The van der Waals surface area contributed by atoms with E-state index in [0.29, 0.717) is 17.5 Å². The molecule has 3 unspecified atom stereocenters. The second kappa shape index (κ2) is 12.0. The minimum atomic E-state index is -0.481. The molecule has 3 heterocycles. The summed E-state index contributed by atoms with van der Waals surface area (Å²) >= 11 is 0. The van der Waals surface area contributed by atoms with Gasteiger partial charge < -0.3 is 24.9 Å². The first-order chi connectivity index (χ1) is 23.4. The molecule has 240 valence electrons. The molecule has 0 radical (unpaired) electrons. The second-order valence-corrected chi connectivity index (χ2v) is 13.0. The summed E-state index contributed by atoms with van der Waals surface area (Å²) in [6.07, 6.45) is 21.9. The Kier molecular flexibility index (Phi) is 7.47. The summed E-state index contributed by atoms with van der Waals surface area (Å²) in [6.45, 7) is 10.2. The van der Waals surface area contributed by atoms with E-state index in [0.717, 1.165) is 81.4 Å². The Balaban J connectivity index is 1.26. The molecule has 1 aliphatic heterocycles. The number of furan rings is 2. The lowest BCUT2D eigenvalue weighted by molar-refractivity contribution is 0.575. The maximum atomic E-state index is 8.66. The first-order valence-corrected chi connectivity index (χ1v) is 16.8. The number of hydrogen-bond donors (Lipinski definition) is 3. The van der Waals surface area contributed by atoms with E-state index in [2.05, 4.69) is 79.6 Å². The van der Waals surface area contributed by atoms with Gasteiger partial charge >= 0.3 is 0 Å². The van der Waals surface area contributed by atoms with Gasteiger partial charge in [-0.2, -0.15) is 4.99 Å². The fraction of sp³-hybridized carbons (Fsp3) is 0.244. The van der Waals surface area contributed by atoms with Gasteiger partial charge in [0.15, 0.2) is 12.0 Å². The maximum Gasteiger partial charge on any atom is 0.204 e. The van der Waals surface area contributed by atoms with Crippen molar-refractivity contribution < 1.29 is 8.83 Å². The highest BCUT2D eigenvalue weighted by Gasteiger charge is 2.31. The maximum absolute atomic E-state index is 8.66. The van der Waals surface area contributed by atoms with Gasteiger partial charge in [-0.3, -0.25) is 0 Å². The summed E-state index contributed by atoms with van der Waals surface area (Å²) in [5.41, 5.74) is 9.73. The van der Waals surface area contributed by atoms with Crippen LogP contribution in [-0.4, -0.2) is 17.5 Å². The van der Waals surface area contributed by atoms with Crippen molar-refractivity contribution >= 4 is 51.1 Å². The van der Waals surface area contributed by atoms with Crippen molar-refractivity contribution in [1.82, 2.24) is 10.6 Å². The summed E-state index contributed by atoms with van der Waals surface area (Å²) in [5.74, 6) is 2.98. The van der Waals surface area contributed by atoms with Gasteiger partial charge in [0.2, 0.25) is 5.96 Å². The Morgan fingerprint density at radius 1 is 1.06 bits per heavy atom. The Hall–Kier alpha value is -5.43. The molecule has 48 heavy (non-hydrogen) atoms. The summed E-state index contributed by atoms with van der Waals surface area (Å²) in [5, 5.41) is 18.0. The number of guanidine groups is 1. The standard InChI is InChI=1S/C41H39N5O2/c1-5-26-13-6-7-14-27(26)33(25(4)42)22-43-41-45-39(31-18-12-17-30-28-15-8-10-19-34(28)47-37(30)31)44-40(46-41)36-24(3)23(2)21-32-29-16-9-11-20-35(29)48-38(32)36/h5-8,10-11,13-15,18-22,26-27,40,42H,1,9,12,16-17H2,2-4H3,(H2,43,44,45,46)/b33-22+,42-25?. The number of aliphatic imine (C=N–C) groups is 2. The molecular weight excluding hydrogens is 594 g/mol. The fourth-order valence-electron chi connectivity index (χ4n) is 7.46. The number of nitrogens with zero attached hydrogens (tertiary/aromatic N) is 2. The van der Waals surface area contributed by atoms with Gasteiger partial charge in [-0.1, -0.05) is 60.7 Å². The zero-order valence-electron chi connectivity index (χ0n) is 27.6. The molecule has 0 spiro atoms. The number of amidine groups is 1. The predicted octanol–water partition coefficient (Wildman–Crippen LogP) is 9.20. The molecule has 0 fully saturated rings. The molecule has 4 aliphatic rings. The van der Waals surface area contributed by atoms with E-state index in [1.165, 1.54) is 16.7 Å². The number of nitrogens with one attached hydrogen (secondary N) is 3. The highest BCUT2D eigenvalue weighted by atomic mass is 16.3. The normalized spacial score (nSPS) is 21.7. The van der Waals surface area contributed by atoms with Crippen LogP contribution in [0.25, 0.3) is 33.6 Å². The zero-order chi connectivity index (χ0) is 32.9. The van der Waals surface area contributed by atoms with Gasteiger partial charge in [0, 0.05) is 51.2 Å². The molecule has 4 aromatic rings. The molecule has 0 amide bonds. The highest BCUT2D eigenvalue weighted by Crippen LogP contribution is 2.41. The predicted molar refractivity (Wildman–Crippen MR) is 196 cm³/mol. The number of para-hydroxylation sites is 1. The van der Waals surface area contributed by atoms with E-state index in [1.54, 1.807) is 0 Å². The van der Waals surface area contributed by atoms with Crippen LogP contribution < -0.4 is 10.6 Å². The van der Waals surface area contributed by atoms with E-state index >= 15 is 0 Å². The molecular formula is C41H39N5O2. The summed E-state index contributed by atoms with van der Waals surface area (Å²) in [6, 6.07) is 10.5. The van der Waals surface area contributed by atoms with Gasteiger partial charge in [0.25, 0.3) is 0 Å². The summed E-state index contributed by atoms with van der Waals surface area (Å²) in [4.78, 5) is 10.4. The van der Waals surface area contributed by atoms with Crippen LogP contribution in [-0.2, 0) is 12.8 Å². The quantitative estimate of drug-likeness (QED) is 0.146. The lowest BCUT2D eigenvalue weighted by atomic mass is 9.81. The highest BCUT2D eigenvalue weighted by molar-refractivity contribution is 6.27. The molecule has 0 bridgehead atoms. The number of hydrogen-bond acceptors (Lipinski definition) is 7. The number of aryl methyl sites for hydroxylation is 3. The number of rotatable bonds is 6. The molecule has 3 atom stereocenters. The van der Waals surface area contributed by atoms with Crippen LogP contribution >= 0.6 is 0 Å². The molecule has 2 aromatic heterocycles. The van der Waals surface area contributed by atoms with E-state index in [-0.39, 0.29) is 11.8 Å². The average molecular weight is 634 g/mol. The van der Waals surface area contributed by atoms with Crippen molar-refractivity contribution in [3.63, 3.8) is 0 Å². The third-order valence-corrected chi connectivity index (χ3v) is 10.1. The minimum Gasteiger partial charge on any atom is -0.456 e. The smallest absolute Gasteiger partial charge is 0.204 e. The van der Waals surface area contributed by atoms with Gasteiger partial charge in [-0.15, -0.1) is 6.58 Å². The van der Waals surface area contributed by atoms with E-state index in [4.69, 9.17) is 24.2 Å². The molecule has 3 aliphatic carbocycles. The van der Waals surface area contributed by atoms with Crippen LogP contribution in [0.2, 0.25) is 0 Å². The van der Waals surface area contributed by atoms with Crippen molar-refractivity contribution in [2.45, 2.75) is 52.6 Å². The molecule has 7 heteroatoms. The lowest BCUT2D eigenvalue weighted by Crippen LogP contribution is -2.41. The molecule has 0 saturated heterocycles. The molecule has 2 aromatic carbocycles. The summed E-state index contributed by atoms with van der Waals surface area (Å²) < 4.78 is 13.1. The Bertz CT molecular complexity index is 2230. The van der Waals surface area contributed by atoms with Crippen molar-refractivity contribution in [3.8, 4) is 0 Å². The van der Waals surface area contributed by atoms with Crippen molar-refractivity contribution in [1.29, 1.82) is 5.41 Å².